The Bertz CT molecular complexity index is 1310. The highest BCUT2D eigenvalue weighted by Gasteiger charge is 2.44. The summed E-state index contributed by atoms with van der Waals surface area (Å²) in [7, 11) is 5.06. The average molecular weight is 685 g/mol. The highest BCUT2D eigenvalue weighted by Crippen LogP contribution is 2.56. The summed E-state index contributed by atoms with van der Waals surface area (Å²) in [6.07, 6.45) is 25.9. The van der Waals surface area contributed by atoms with Gasteiger partial charge in [-0.2, -0.15) is 0 Å². The van der Waals surface area contributed by atoms with E-state index in [1.807, 2.05) is 0 Å². The van der Waals surface area contributed by atoms with Crippen LogP contribution in [-0.4, -0.2) is 62.3 Å². The third kappa shape index (κ3) is 8.93. The van der Waals surface area contributed by atoms with Gasteiger partial charge in [-0.1, -0.05) is 104 Å². The number of hydrogen-bond acceptors (Lipinski definition) is 0. The summed E-state index contributed by atoms with van der Waals surface area (Å²) in [6.45, 7) is 23.0. The van der Waals surface area contributed by atoms with Gasteiger partial charge in [0.05, 0.1) is 53.4 Å². The van der Waals surface area contributed by atoms with Crippen LogP contribution in [0.15, 0.2) is 36.4 Å². The van der Waals surface area contributed by atoms with E-state index in [0.29, 0.717) is 0 Å². The highest BCUT2D eigenvalue weighted by molar-refractivity contribution is 5.82. The predicted octanol–water partition coefficient (Wildman–Crippen LogP) is 12.9. The predicted molar refractivity (Wildman–Crippen MR) is 219 cm³/mol. The molecule has 2 aliphatic heterocycles. The minimum absolute atomic E-state index is 0.139. The Balaban J connectivity index is 1.40. The van der Waals surface area contributed by atoms with Crippen molar-refractivity contribution in [1.82, 2.24) is 0 Å². The first-order valence-electron chi connectivity index (χ1n) is 21.9. The van der Waals surface area contributed by atoms with Gasteiger partial charge in [-0.15, -0.1) is 0 Å². The van der Waals surface area contributed by atoms with Gasteiger partial charge < -0.3 is 8.97 Å². The molecule has 50 heavy (non-hydrogen) atoms. The molecule has 2 heterocycles. The third-order valence-electron chi connectivity index (χ3n) is 15.2. The van der Waals surface area contributed by atoms with E-state index in [0.717, 1.165) is 0 Å². The molecule has 2 aromatic carbocycles. The second-order valence-corrected chi connectivity index (χ2v) is 19.1. The lowest BCUT2D eigenvalue weighted by Gasteiger charge is -2.38. The Hall–Kier alpha value is -1.64. The van der Waals surface area contributed by atoms with Gasteiger partial charge in [0.25, 0.3) is 0 Å². The molecule has 2 heteroatoms. The molecule has 0 aromatic heterocycles. The Kier molecular flexibility index (Phi) is 13.5. The van der Waals surface area contributed by atoms with E-state index in [4.69, 9.17) is 0 Å². The normalized spacial score (nSPS) is 19.7. The van der Waals surface area contributed by atoms with Crippen LogP contribution in [0.3, 0.4) is 0 Å². The number of nitrogens with zero attached hydrogens (tertiary/aromatic N) is 2. The zero-order valence-corrected chi connectivity index (χ0v) is 34.5. The molecule has 3 aliphatic rings. The van der Waals surface area contributed by atoms with Gasteiger partial charge in [-0.3, -0.25) is 0 Å². The van der Waals surface area contributed by atoms with Crippen LogP contribution < -0.4 is 0 Å². The first-order valence-corrected chi connectivity index (χ1v) is 21.9. The Morgan fingerprint density at radius 1 is 0.520 bits per heavy atom. The summed E-state index contributed by atoms with van der Waals surface area (Å²) < 4.78 is 2.66. The summed E-state index contributed by atoms with van der Waals surface area (Å²) in [6, 6.07) is 15.5. The van der Waals surface area contributed by atoms with Crippen molar-refractivity contribution >= 4 is 0 Å². The zero-order chi connectivity index (χ0) is 35.9. The lowest BCUT2D eigenvalue weighted by Crippen LogP contribution is -2.48. The van der Waals surface area contributed by atoms with Crippen molar-refractivity contribution in [3.63, 3.8) is 0 Å². The SMILES string of the molecule is CCC(C)(C)c1ccc2c(c1)C(CCCCCC[N+]1(C)CCCCC1)(CCCCCC[N+]1(C)CCCCC1)c1cc(C(C)(CC)CC)ccc1-2. The number of hydrogen-bond donors (Lipinski definition) is 0. The molecule has 2 saturated heterocycles. The van der Waals surface area contributed by atoms with E-state index in [1.165, 1.54) is 170 Å². The minimum atomic E-state index is 0.139. The number of fused-ring (bicyclic) bond motifs is 3. The Morgan fingerprint density at radius 2 is 0.940 bits per heavy atom. The maximum absolute atomic E-state index is 2.73. The molecule has 0 amide bonds. The van der Waals surface area contributed by atoms with Crippen LogP contribution in [0.1, 0.15) is 186 Å². The van der Waals surface area contributed by atoms with E-state index in [-0.39, 0.29) is 16.2 Å². The van der Waals surface area contributed by atoms with Gasteiger partial charge in [0.1, 0.15) is 0 Å². The largest absolute Gasteiger partial charge is 0.326 e. The maximum atomic E-state index is 2.73. The molecule has 0 radical (unpaired) electrons. The highest BCUT2D eigenvalue weighted by atomic mass is 15.3. The third-order valence-corrected chi connectivity index (χ3v) is 15.2. The van der Waals surface area contributed by atoms with Gasteiger partial charge in [0, 0.05) is 5.41 Å². The summed E-state index contributed by atoms with van der Waals surface area (Å²) in [5.74, 6) is 0. The molecule has 5 rings (SSSR count). The van der Waals surface area contributed by atoms with E-state index in [2.05, 4.69) is 92.0 Å². The molecule has 2 nitrogen and oxygen atoms in total. The van der Waals surface area contributed by atoms with Crippen LogP contribution in [-0.2, 0) is 16.2 Å². The second-order valence-electron chi connectivity index (χ2n) is 19.1. The fraction of sp³-hybridized carbons (Fsp3) is 0.750. The second kappa shape index (κ2) is 17.0. The summed E-state index contributed by atoms with van der Waals surface area (Å²) in [5, 5.41) is 0. The molecule has 1 aliphatic carbocycles. The van der Waals surface area contributed by atoms with E-state index < -0.39 is 0 Å². The monoisotopic (exact) mass is 685 g/mol. The zero-order valence-electron chi connectivity index (χ0n) is 34.5. The van der Waals surface area contributed by atoms with Crippen LogP contribution in [0.4, 0.5) is 0 Å². The quantitative estimate of drug-likeness (QED) is 0.102. The van der Waals surface area contributed by atoms with Gasteiger partial charge in [0.2, 0.25) is 0 Å². The summed E-state index contributed by atoms with van der Waals surface area (Å²) in [4.78, 5) is 0. The van der Waals surface area contributed by atoms with Gasteiger partial charge >= 0.3 is 0 Å². The molecule has 0 atom stereocenters. The topological polar surface area (TPSA) is 0 Å². The number of rotatable bonds is 19. The molecule has 2 aromatic rings. The van der Waals surface area contributed by atoms with Crippen LogP contribution in [0.25, 0.3) is 11.1 Å². The first-order chi connectivity index (χ1) is 23.9. The van der Waals surface area contributed by atoms with Gasteiger partial charge in [-0.25, -0.2) is 0 Å². The minimum Gasteiger partial charge on any atom is -0.326 e. The average Bonchev–Trinajstić information content (AvgIpc) is 3.39. The smallest absolute Gasteiger partial charge is 0.0784 e. The van der Waals surface area contributed by atoms with Crippen LogP contribution >= 0.6 is 0 Å². The number of quaternary nitrogens is 2. The van der Waals surface area contributed by atoms with E-state index >= 15 is 0 Å². The van der Waals surface area contributed by atoms with Crippen molar-refractivity contribution in [2.75, 3.05) is 53.4 Å². The molecule has 0 saturated carbocycles. The van der Waals surface area contributed by atoms with Crippen LogP contribution in [0.5, 0.6) is 0 Å². The van der Waals surface area contributed by atoms with E-state index in [9.17, 15) is 0 Å². The van der Waals surface area contributed by atoms with E-state index in [1.54, 1.807) is 33.4 Å². The molecular formula is C48H80N2+2. The molecule has 0 spiro atoms. The first kappa shape index (κ1) is 39.6. The van der Waals surface area contributed by atoms with Gasteiger partial charge in [-0.05, 0) is 141 Å². The molecule has 280 valence electrons. The Morgan fingerprint density at radius 3 is 1.38 bits per heavy atom. The van der Waals surface area contributed by atoms with Gasteiger partial charge in [0.15, 0.2) is 0 Å². The lowest BCUT2D eigenvalue weighted by molar-refractivity contribution is -0.914. The van der Waals surface area contributed by atoms with Crippen molar-refractivity contribution in [2.45, 2.75) is 180 Å². The standard InChI is InChI=1S/C48H80N2/c1-9-46(4,5)40-26-28-42-43-29-27-41(47(6,10-2)11-3)39-45(43)48(44(42)38-40,30-18-12-14-20-32-49(7)34-22-16-23-35-49)31-19-13-15-21-33-50(8)36-24-17-25-37-50/h26-29,38-39H,9-25,30-37H2,1-8H3/q+2. The summed E-state index contributed by atoms with van der Waals surface area (Å²) in [5.41, 5.74) is 10.1. The lowest BCUT2D eigenvalue weighted by atomic mass is 9.68. The maximum Gasteiger partial charge on any atom is 0.0784 e. The number of likely N-dealkylation sites (tertiary alicyclic amines) is 2. The van der Waals surface area contributed by atoms with Crippen molar-refractivity contribution in [2.24, 2.45) is 0 Å². The number of unbranched alkanes of at least 4 members (excludes halogenated alkanes) is 6. The van der Waals surface area contributed by atoms with Crippen molar-refractivity contribution in [3.8, 4) is 11.1 Å². The fourth-order valence-electron chi connectivity index (χ4n) is 10.4. The molecule has 2 fully saturated rings. The molecule has 0 bridgehead atoms. The molecule has 0 unspecified atom stereocenters. The molecular weight excluding hydrogens is 605 g/mol. The molecule has 0 N–H and O–H groups in total. The summed E-state index contributed by atoms with van der Waals surface area (Å²) >= 11 is 0. The van der Waals surface area contributed by atoms with Crippen molar-refractivity contribution in [3.05, 3.63) is 58.7 Å². The van der Waals surface area contributed by atoms with Crippen molar-refractivity contribution in [1.29, 1.82) is 0 Å². The Labute approximate surface area is 311 Å². The van der Waals surface area contributed by atoms with Crippen LogP contribution in [0, 0.1) is 0 Å². The van der Waals surface area contributed by atoms with Crippen LogP contribution in [0.2, 0.25) is 0 Å². The number of piperidine rings is 2. The number of benzene rings is 2. The van der Waals surface area contributed by atoms with Crippen molar-refractivity contribution < 1.29 is 8.97 Å². The fourth-order valence-corrected chi connectivity index (χ4v) is 10.4.